The highest BCUT2D eigenvalue weighted by molar-refractivity contribution is 9.10. The molecule has 3 heteroatoms. The summed E-state index contributed by atoms with van der Waals surface area (Å²) >= 11 is 3.63. The first-order chi connectivity index (χ1) is 9.68. The average Bonchev–Trinajstić information content (AvgIpc) is 2.47. The van der Waals surface area contributed by atoms with Crippen LogP contribution in [-0.4, -0.2) is 14.9 Å². The van der Waals surface area contributed by atoms with Crippen LogP contribution in [0, 0.1) is 0 Å². The van der Waals surface area contributed by atoms with Crippen LogP contribution in [0.5, 0.6) is 0 Å². The van der Waals surface area contributed by atoms with Crippen LogP contribution in [-0.2, 0) is 4.43 Å². The molecule has 1 aromatic carbocycles. The van der Waals surface area contributed by atoms with Gasteiger partial charge >= 0.3 is 0 Å². The lowest BCUT2D eigenvalue weighted by molar-refractivity contribution is 0.304. The molecule has 1 rings (SSSR count). The topological polar surface area (TPSA) is 9.23 Å². The van der Waals surface area contributed by atoms with E-state index in [9.17, 15) is 0 Å². The lowest BCUT2D eigenvalue weighted by atomic mass is 10.4. The van der Waals surface area contributed by atoms with E-state index in [2.05, 4.69) is 61.0 Å². The Morgan fingerprint density at radius 3 is 2.15 bits per heavy atom. The largest absolute Gasteiger partial charge is 0.412 e. The van der Waals surface area contributed by atoms with Crippen LogP contribution in [0.1, 0.15) is 52.9 Å². The number of halogens is 1. The third-order valence-electron chi connectivity index (χ3n) is 3.80. The second kappa shape index (κ2) is 9.75. The minimum absolute atomic E-state index is 0.909. The molecule has 0 amide bonds. The van der Waals surface area contributed by atoms with Crippen molar-refractivity contribution in [3.63, 3.8) is 0 Å². The van der Waals surface area contributed by atoms with Gasteiger partial charge in [-0.2, -0.15) is 0 Å². The van der Waals surface area contributed by atoms with E-state index in [1.807, 2.05) is 0 Å². The van der Waals surface area contributed by atoms with Gasteiger partial charge in [0.1, 0.15) is 0 Å². The monoisotopic (exact) mass is 356 g/mol. The predicted octanol–water partition coefficient (Wildman–Crippen LogP) is 5.63. The third kappa shape index (κ3) is 5.34. The Labute approximate surface area is 134 Å². The van der Waals surface area contributed by atoms with Crippen molar-refractivity contribution in [2.24, 2.45) is 0 Å². The van der Waals surface area contributed by atoms with Crippen LogP contribution < -0.4 is 5.19 Å². The van der Waals surface area contributed by atoms with Gasteiger partial charge in [-0.15, -0.1) is 0 Å². The Morgan fingerprint density at radius 1 is 1.00 bits per heavy atom. The fraction of sp³-hybridized carbons (Fsp3) is 0.647. The summed E-state index contributed by atoms with van der Waals surface area (Å²) in [6, 6.07) is 11.4. The molecule has 0 spiro atoms. The summed E-state index contributed by atoms with van der Waals surface area (Å²) in [5.41, 5.74) is 0. The van der Waals surface area contributed by atoms with Gasteiger partial charge in [0.05, 0.1) is 0 Å². The Bertz CT molecular complexity index is 359. The van der Waals surface area contributed by atoms with E-state index in [-0.39, 0.29) is 0 Å². The van der Waals surface area contributed by atoms with Gasteiger partial charge in [-0.3, -0.25) is 0 Å². The van der Waals surface area contributed by atoms with Gasteiger partial charge in [0, 0.05) is 11.1 Å². The van der Waals surface area contributed by atoms with Crippen molar-refractivity contribution < 1.29 is 4.43 Å². The zero-order valence-corrected chi connectivity index (χ0v) is 15.8. The molecule has 0 heterocycles. The smallest absolute Gasteiger partial charge is 0.224 e. The first-order valence-corrected chi connectivity index (χ1v) is 11.2. The second-order valence-electron chi connectivity index (χ2n) is 5.56. The summed E-state index contributed by atoms with van der Waals surface area (Å²) in [6.07, 6.45) is 6.19. The normalized spacial score (nSPS) is 11.8. The van der Waals surface area contributed by atoms with Gasteiger partial charge in [0.2, 0.25) is 8.32 Å². The molecule has 1 nitrogen and oxygen atoms in total. The summed E-state index contributed by atoms with van der Waals surface area (Å²) in [7, 11) is -1.80. The summed E-state index contributed by atoms with van der Waals surface area (Å²) < 4.78 is 7.72. The van der Waals surface area contributed by atoms with Crippen LogP contribution in [0.2, 0.25) is 12.1 Å². The molecule has 0 bridgehead atoms. The number of benzene rings is 1. The average molecular weight is 357 g/mol. The summed E-state index contributed by atoms with van der Waals surface area (Å²) in [5, 5.41) is 1.47. The highest BCUT2D eigenvalue weighted by Crippen LogP contribution is 2.25. The fourth-order valence-corrected chi connectivity index (χ4v) is 7.79. The maximum Gasteiger partial charge on any atom is 0.224 e. The fourth-order valence-electron chi connectivity index (χ4n) is 2.64. The van der Waals surface area contributed by atoms with E-state index < -0.39 is 8.32 Å². The molecule has 0 saturated carbocycles. The molecule has 1 aromatic rings. The van der Waals surface area contributed by atoms with Crippen LogP contribution in [0.3, 0.4) is 0 Å². The maximum absolute atomic E-state index is 6.54. The minimum atomic E-state index is -1.80. The van der Waals surface area contributed by atoms with Crippen LogP contribution in [0.25, 0.3) is 0 Å². The number of hydrogen-bond donors (Lipinski definition) is 0. The number of rotatable bonds is 10. The molecule has 0 N–H and O–H groups in total. The first-order valence-electron chi connectivity index (χ1n) is 8.08. The van der Waals surface area contributed by atoms with E-state index in [1.165, 1.54) is 47.4 Å². The van der Waals surface area contributed by atoms with Crippen molar-refractivity contribution in [3.05, 3.63) is 28.7 Å². The second-order valence-corrected chi connectivity index (χ2v) is 10.3. The molecule has 0 aliphatic carbocycles. The zero-order chi connectivity index (χ0) is 14.8. The Kier molecular flexibility index (Phi) is 8.74. The van der Waals surface area contributed by atoms with E-state index in [0.29, 0.717) is 0 Å². The molecular formula is C17H29BrOSi. The predicted molar refractivity (Wildman–Crippen MR) is 95.2 cm³/mol. The lowest BCUT2D eigenvalue weighted by Gasteiger charge is -2.32. The van der Waals surface area contributed by atoms with Gasteiger partial charge in [-0.1, -0.05) is 74.5 Å². The molecule has 0 unspecified atom stereocenters. The first kappa shape index (κ1) is 17.9. The Morgan fingerprint density at radius 2 is 1.65 bits per heavy atom. The standard InChI is InChI=1S/C17H29BrOSi/c1-4-7-13-20(14-8-5-2,19-12-6-3)17-11-9-10-16(18)15-17/h9-11,15H,4-8,12-14H2,1-3H3. The molecule has 0 aliphatic heterocycles. The summed E-state index contributed by atoms with van der Waals surface area (Å²) in [6.45, 7) is 7.67. The molecule has 0 aromatic heterocycles. The molecule has 114 valence electrons. The van der Waals surface area contributed by atoms with Crippen molar-refractivity contribution in [2.45, 2.75) is 65.0 Å². The highest BCUT2D eigenvalue weighted by atomic mass is 79.9. The zero-order valence-electron chi connectivity index (χ0n) is 13.3. The quantitative estimate of drug-likeness (QED) is 0.493. The van der Waals surface area contributed by atoms with Crippen LogP contribution in [0.15, 0.2) is 28.7 Å². The Balaban J connectivity index is 3.04. The van der Waals surface area contributed by atoms with E-state index >= 15 is 0 Å². The lowest BCUT2D eigenvalue weighted by Crippen LogP contribution is -2.51. The van der Waals surface area contributed by atoms with E-state index in [0.717, 1.165) is 13.0 Å². The van der Waals surface area contributed by atoms with E-state index in [1.54, 1.807) is 0 Å². The third-order valence-corrected chi connectivity index (χ3v) is 8.74. The van der Waals surface area contributed by atoms with Crippen molar-refractivity contribution in [2.75, 3.05) is 6.61 Å². The van der Waals surface area contributed by atoms with Crippen molar-refractivity contribution in [1.82, 2.24) is 0 Å². The number of unbranched alkanes of at least 4 members (excludes halogenated alkanes) is 2. The van der Waals surface area contributed by atoms with Gasteiger partial charge in [-0.25, -0.2) is 0 Å². The number of hydrogen-bond acceptors (Lipinski definition) is 1. The molecular weight excluding hydrogens is 328 g/mol. The van der Waals surface area contributed by atoms with Gasteiger partial charge in [0.15, 0.2) is 0 Å². The minimum Gasteiger partial charge on any atom is -0.412 e. The van der Waals surface area contributed by atoms with Crippen molar-refractivity contribution in [1.29, 1.82) is 0 Å². The van der Waals surface area contributed by atoms with E-state index in [4.69, 9.17) is 4.43 Å². The summed E-state index contributed by atoms with van der Waals surface area (Å²) in [4.78, 5) is 0. The summed E-state index contributed by atoms with van der Waals surface area (Å²) in [5.74, 6) is 0. The van der Waals surface area contributed by atoms with Gasteiger partial charge in [0.25, 0.3) is 0 Å². The molecule has 20 heavy (non-hydrogen) atoms. The van der Waals surface area contributed by atoms with Crippen LogP contribution >= 0.6 is 15.9 Å². The van der Waals surface area contributed by atoms with Gasteiger partial charge in [-0.05, 0) is 35.8 Å². The highest BCUT2D eigenvalue weighted by Gasteiger charge is 2.35. The SMILES string of the molecule is CCCC[Si](CCCC)(OCCC)c1cccc(Br)c1. The van der Waals surface area contributed by atoms with Crippen molar-refractivity contribution in [3.8, 4) is 0 Å². The van der Waals surface area contributed by atoms with Crippen molar-refractivity contribution >= 4 is 29.4 Å². The maximum atomic E-state index is 6.54. The Hall–Kier alpha value is -0.123. The van der Waals surface area contributed by atoms with Crippen LogP contribution in [0.4, 0.5) is 0 Å². The molecule has 0 aliphatic rings. The molecule has 0 atom stereocenters. The molecule has 0 saturated heterocycles. The molecule has 0 fully saturated rings. The van der Waals surface area contributed by atoms with Gasteiger partial charge < -0.3 is 4.43 Å². The molecule has 0 radical (unpaired) electrons.